The predicted molar refractivity (Wildman–Crippen MR) is 84.0 cm³/mol. The highest BCUT2D eigenvalue weighted by atomic mass is 35.5. The van der Waals surface area contributed by atoms with Crippen LogP contribution in [0.3, 0.4) is 0 Å². The van der Waals surface area contributed by atoms with E-state index in [9.17, 15) is 4.39 Å². The monoisotopic (exact) mass is 309 g/mol. The van der Waals surface area contributed by atoms with Crippen LogP contribution in [0.25, 0.3) is 0 Å². The zero-order valence-electron chi connectivity index (χ0n) is 12.4. The Kier molecular flexibility index (Phi) is 5.76. The highest BCUT2D eigenvalue weighted by molar-refractivity contribution is 6.31. The minimum atomic E-state index is -0.309. The van der Waals surface area contributed by atoms with Crippen LogP contribution in [0.15, 0.2) is 30.6 Å². The fraction of sp³-hybridized carbons (Fsp3) is 0.438. The highest BCUT2D eigenvalue weighted by Gasteiger charge is 2.16. The molecule has 0 aliphatic carbocycles. The summed E-state index contributed by atoms with van der Waals surface area (Å²) in [5, 5.41) is 8.24. The largest absolute Gasteiger partial charge is 0.310 e. The third kappa shape index (κ3) is 4.29. The van der Waals surface area contributed by atoms with Gasteiger partial charge in [-0.05, 0) is 49.6 Å². The topological polar surface area (TPSA) is 29.9 Å². The van der Waals surface area contributed by atoms with Gasteiger partial charge >= 0.3 is 0 Å². The molecule has 2 aromatic rings. The lowest BCUT2D eigenvalue weighted by Gasteiger charge is -2.19. The van der Waals surface area contributed by atoms with Crippen molar-refractivity contribution in [2.24, 2.45) is 0 Å². The molecule has 0 aliphatic heterocycles. The third-order valence-electron chi connectivity index (χ3n) is 3.43. The van der Waals surface area contributed by atoms with Gasteiger partial charge < -0.3 is 5.32 Å². The maximum absolute atomic E-state index is 13.2. The van der Waals surface area contributed by atoms with Gasteiger partial charge in [0.2, 0.25) is 0 Å². The molecule has 1 heterocycles. The number of aromatic nitrogens is 2. The third-order valence-corrected chi connectivity index (χ3v) is 3.76. The maximum Gasteiger partial charge on any atom is 0.124 e. The molecule has 0 radical (unpaired) electrons. The second kappa shape index (κ2) is 7.57. The van der Waals surface area contributed by atoms with E-state index < -0.39 is 0 Å². The number of benzene rings is 1. The van der Waals surface area contributed by atoms with Crippen LogP contribution in [0.1, 0.15) is 37.4 Å². The molecule has 0 saturated carbocycles. The molecular weight excluding hydrogens is 289 g/mol. The smallest absolute Gasteiger partial charge is 0.124 e. The van der Waals surface area contributed by atoms with E-state index in [0.717, 1.165) is 37.1 Å². The molecule has 1 atom stereocenters. The number of halogens is 2. The SMILES string of the molecule is CCCNC(Cc1cnn(CC)c1)c1ccc(F)cc1Cl. The molecule has 0 fully saturated rings. The second-order valence-corrected chi connectivity index (χ2v) is 5.49. The van der Waals surface area contributed by atoms with Crippen molar-refractivity contribution in [3.8, 4) is 0 Å². The van der Waals surface area contributed by atoms with Crippen LogP contribution in [-0.4, -0.2) is 16.3 Å². The Labute approximate surface area is 130 Å². The van der Waals surface area contributed by atoms with E-state index in [-0.39, 0.29) is 11.9 Å². The first-order valence-electron chi connectivity index (χ1n) is 7.33. The zero-order valence-corrected chi connectivity index (χ0v) is 13.2. The number of aryl methyl sites for hydroxylation is 1. The van der Waals surface area contributed by atoms with Crippen LogP contribution in [0.5, 0.6) is 0 Å². The summed E-state index contributed by atoms with van der Waals surface area (Å²) in [5.74, 6) is -0.309. The zero-order chi connectivity index (χ0) is 15.2. The Hall–Kier alpha value is -1.39. The number of rotatable bonds is 7. The van der Waals surface area contributed by atoms with Gasteiger partial charge in [-0.15, -0.1) is 0 Å². The number of nitrogens with zero attached hydrogens (tertiary/aromatic N) is 2. The van der Waals surface area contributed by atoms with E-state index in [2.05, 4.69) is 24.3 Å². The molecule has 0 spiro atoms. The molecule has 1 unspecified atom stereocenters. The molecule has 114 valence electrons. The van der Waals surface area contributed by atoms with Crippen molar-refractivity contribution in [2.45, 2.75) is 39.3 Å². The summed E-state index contributed by atoms with van der Waals surface area (Å²) in [5.41, 5.74) is 2.07. The molecule has 0 bridgehead atoms. The average molecular weight is 310 g/mol. The molecule has 1 N–H and O–H groups in total. The number of hydrogen-bond acceptors (Lipinski definition) is 2. The van der Waals surface area contributed by atoms with E-state index in [4.69, 9.17) is 11.6 Å². The highest BCUT2D eigenvalue weighted by Crippen LogP contribution is 2.26. The standard InChI is InChI=1S/C16H21ClFN3/c1-3-7-19-16(8-12-10-20-21(4-2)11-12)14-6-5-13(18)9-15(14)17/h5-6,9-11,16,19H,3-4,7-8H2,1-2H3. The van der Waals surface area contributed by atoms with Crippen LogP contribution >= 0.6 is 11.6 Å². The summed E-state index contributed by atoms with van der Waals surface area (Å²) < 4.78 is 15.1. The Morgan fingerprint density at radius 1 is 1.38 bits per heavy atom. The van der Waals surface area contributed by atoms with Crippen LogP contribution in [-0.2, 0) is 13.0 Å². The second-order valence-electron chi connectivity index (χ2n) is 5.08. The summed E-state index contributed by atoms with van der Waals surface area (Å²) in [6.45, 7) is 5.91. The van der Waals surface area contributed by atoms with Gasteiger partial charge in [-0.3, -0.25) is 4.68 Å². The van der Waals surface area contributed by atoms with Crippen LogP contribution in [0, 0.1) is 5.82 Å². The molecule has 5 heteroatoms. The normalized spacial score (nSPS) is 12.6. The minimum absolute atomic E-state index is 0.0626. The van der Waals surface area contributed by atoms with Crippen LogP contribution in [0.2, 0.25) is 5.02 Å². The fourth-order valence-corrected chi connectivity index (χ4v) is 2.61. The molecule has 0 amide bonds. The summed E-state index contributed by atoms with van der Waals surface area (Å²) >= 11 is 6.20. The lowest BCUT2D eigenvalue weighted by molar-refractivity contribution is 0.527. The molecule has 1 aromatic heterocycles. The lowest BCUT2D eigenvalue weighted by Crippen LogP contribution is -2.24. The van der Waals surface area contributed by atoms with Gasteiger partial charge in [-0.2, -0.15) is 5.10 Å². The van der Waals surface area contributed by atoms with Gasteiger partial charge in [0.25, 0.3) is 0 Å². The van der Waals surface area contributed by atoms with E-state index >= 15 is 0 Å². The molecule has 1 aromatic carbocycles. The molecule has 0 aliphatic rings. The Morgan fingerprint density at radius 2 is 2.19 bits per heavy atom. The van der Waals surface area contributed by atoms with Crippen molar-refractivity contribution in [3.63, 3.8) is 0 Å². The molecule has 0 saturated heterocycles. The fourth-order valence-electron chi connectivity index (χ4n) is 2.32. The molecule has 21 heavy (non-hydrogen) atoms. The van der Waals surface area contributed by atoms with Crippen molar-refractivity contribution in [3.05, 3.63) is 52.6 Å². The van der Waals surface area contributed by atoms with E-state index in [1.165, 1.54) is 12.1 Å². The Morgan fingerprint density at radius 3 is 2.81 bits per heavy atom. The van der Waals surface area contributed by atoms with Gasteiger partial charge in [0.05, 0.1) is 6.20 Å². The number of nitrogens with one attached hydrogen (secondary N) is 1. The van der Waals surface area contributed by atoms with Gasteiger partial charge in [0.15, 0.2) is 0 Å². The average Bonchev–Trinajstić information content (AvgIpc) is 2.91. The number of hydrogen-bond donors (Lipinski definition) is 1. The first kappa shape index (κ1) is 16.0. The summed E-state index contributed by atoms with van der Waals surface area (Å²) in [6.07, 6.45) is 5.73. The van der Waals surface area contributed by atoms with Gasteiger partial charge in [-0.1, -0.05) is 24.6 Å². The lowest BCUT2D eigenvalue weighted by atomic mass is 10.0. The van der Waals surface area contributed by atoms with E-state index in [1.54, 1.807) is 6.07 Å². The predicted octanol–water partition coefficient (Wildman–Crippen LogP) is 3.98. The first-order valence-corrected chi connectivity index (χ1v) is 7.71. The minimum Gasteiger partial charge on any atom is -0.310 e. The molecule has 2 rings (SSSR count). The summed E-state index contributed by atoms with van der Waals surface area (Å²) in [7, 11) is 0. The van der Waals surface area contributed by atoms with E-state index in [0.29, 0.717) is 5.02 Å². The summed E-state index contributed by atoms with van der Waals surface area (Å²) in [6, 6.07) is 4.65. The van der Waals surface area contributed by atoms with Crippen molar-refractivity contribution < 1.29 is 4.39 Å². The Balaban J connectivity index is 2.20. The van der Waals surface area contributed by atoms with Gasteiger partial charge in [0, 0.05) is 23.8 Å². The Bertz CT molecular complexity index is 583. The van der Waals surface area contributed by atoms with Crippen molar-refractivity contribution in [2.75, 3.05) is 6.54 Å². The van der Waals surface area contributed by atoms with Crippen LogP contribution < -0.4 is 5.32 Å². The quantitative estimate of drug-likeness (QED) is 0.838. The van der Waals surface area contributed by atoms with Crippen molar-refractivity contribution in [1.29, 1.82) is 0 Å². The molecule has 3 nitrogen and oxygen atoms in total. The van der Waals surface area contributed by atoms with E-state index in [1.807, 2.05) is 17.1 Å². The summed E-state index contributed by atoms with van der Waals surface area (Å²) in [4.78, 5) is 0. The van der Waals surface area contributed by atoms with Crippen molar-refractivity contribution >= 4 is 11.6 Å². The molecular formula is C16H21ClFN3. The van der Waals surface area contributed by atoms with Crippen molar-refractivity contribution in [1.82, 2.24) is 15.1 Å². The van der Waals surface area contributed by atoms with Gasteiger partial charge in [-0.25, -0.2) is 4.39 Å². The first-order chi connectivity index (χ1) is 10.1. The maximum atomic E-state index is 13.2. The van der Waals surface area contributed by atoms with Crippen LogP contribution in [0.4, 0.5) is 4.39 Å². The van der Waals surface area contributed by atoms with Gasteiger partial charge in [0.1, 0.15) is 5.82 Å².